The molecule has 63 heavy (non-hydrogen) atoms. The minimum Gasteiger partial charge on any atom is -0.393 e. The Morgan fingerprint density at radius 1 is 0.571 bits per heavy atom. The molecule has 1 amide bonds. The zero-order chi connectivity index (χ0) is 46.6. The van der Waals surface area contributed by atoms with E-state index in [0.717, 1.165) is 70.6 Å². The van der Waals surface area contributed by atoms with Gasteiger partial charge in [0.15, 0.2) is 0 Å². The largest absolute Gasteiger partial charge is 0.472 e. The van der Waals surface area contributed by atoms with Crippen LogP contribution >= 0.6 is 7.82 Å². The summed E-state index contributed by atoms with van der Waals surface area (Å²) in [5.74, 6) is -0.618. The fourth-order valence-corrected chi connectivity index (χ4v) is 8.25. The van der Waals surface area contributed by atoms with Crippen molar-refractivity contribution >= 4 is 13.7 Å². The van der Waals surface area contributed by atoms with Crippen LogP contribution < -0.4 is 5.32 Å². The molecule has 14 heteroatoms. The Kier molecular flexibility index (Phi) is 35.7. The summed E-state index contributed by atoms with van der Waals surface area (Å²) in [6.07, 6.45) is 33.2. The lowest BCUT2D eigenvalue weighted by molar-refractivity contribution is -0.220. The van der Waals surface area contributed by atoms with Gasteiger partial charge in [0.2, 0.25) is 5.91 Å². The first-order valence-electron chi connectivity index (χ1n) is 24.3. The third kappa shape index (κ3) is 30.0. The molecular formula is C49H88NO12P. The Morgan fingerprint density at radius 2 is 1.00 bits per heavy atom. The normalized spacial score (nSPS) is 23.4. The Labute approximate surface area is 380 Å². The number of unbranched alkanes of at least 4 members (excludes halogenated alkanes) is 18. The van der Waals surface area contributed by atoms with E-state index in [1.165, 1.54) is 76.7 Å². The van der Waals surface area contributed by atoms with E-state index in [-0.39, 0.29) is 6.42 Å². The van der Waals surface area contributed by atoms with Crippen LogP contribution in [0.25, 0.3) is 0 Å². The Hall–Kier alpha value is -2.00. The molecule has 0 spiro atoms. The first kappa shape index (κ1) is 59.0. The number of hydrogen-bond donors (Lipinski definition) is 9. The molecule has 8 unspecified atom stereocenters. The molecule has 0 aromatic carbocycles. The summed E-state index contributed by atoms with van der Waals surface area (Å²) in [6, 6.07) is -1.27. The maximum Gasteiger partial charge on any atom is 0.472 e. The lowest BCUT2D eigenvalue weighted by atomic mass is 9.85. The van der Waals surface area contributed by atoms with Crippen LogP contribution in [0.15, 0.2) is 60.8 Å². The molecule has 1 saturated carbocycles. The van der Waals surface area contributed by atoms with Gasteiger partial charge in [-0.1, -0.05) is 164 Å². The van der Waals surface area contributed by atoms with E-state index in [1.54, 1.807) is 6.08 Å². The van der Waals surface area contributed by atoms with Gasteiger partial charge in [-0.15, -0.1) is 0 Å². The standard InChI is InChI=1S/C49H88NO12P/c1-3-5-7-9-11-13-15-17-18-19-20-21-22-23-24-25-26-28-30-32-34-36-40(51)38-43(53)50-41(42(52)37-35-33-31-29-27-16-14-12-10-8-6-4-2)39-61-63(59,60)62-49-47(57)45(55)44(54)46(56)48(49)58/h10,12,20-21,23-24,27,29,35,37,40-42,44-49,51-52,54-58H,3-9,11,13-19,22,25-26,28,30-34,36,38-39H2,1-2H3,(H,50,53)(H,59,60)/b12-10+,21-20-,24-23-,29-27+,37-35+. The van der Waals surface area contributed by atoms with Gasteiger partial charge in [0.25, 0.3) is 0 Å². The molecule has 0 aromatic heterocycles. The summed E-state index contributed by atoms with van der Waals surface area (Å²) in [6.45, 7) is 3.66. The number of carbonyl (C=O) groups is 1. The van der Waals surface area contributed by atoms with Crippen LogP contribution in [0.5, 0.6) is 0 Å². The predicted molar refractivity (Wildman–Crippen MR) is 252 cm³/mol. The molecule has 0 saturated heterocycles. The molecule has 8 atom stereocenters. The molecule has 1 rings (SSSR count). The average molecular weight is 914 g/mol. The minimum atomic E-state index is -5.16. The van der Waals surface area contributed by atoms with Crippen molar-refractivity contribution in [2.75, 3.05) is 6.61 Å². The summed E-state index contributed by atoms with van der Waals surface area (Å²) < 4.78 is 22.8. The molecule has 0 aromatic rings. The zero-order valence-corrected chi connectivity index (χ0v) is 39.6. The second-order valence-corrected chi connectivity index (χ2v) is 18.5. The maximum absolute atomic E-state index is 13.0. The summed E-state index contributed by atoms with van der Waals surface area (Å²) in [5.41, 5.74) is 0. The van der Waals surface area contributed by atoms with Crippen LogP contribution in [0, 0.1) is 0 Å². The first-order valence-corrected chi connectivity index (χ1v) is 25.8. The lowest BCUT2D eigenvalue weighted by Crippen LogP contribution is -2.64. The van der Waals surface area contributed by atoms with Gasteiger partial charge in [-0.25, -0.2) is 4.57 Å². The number of aliphatic hydroxyl groups excluding tert-OH is 7. The second-order valence-electron chi connectivity index (χ2n) is 17.1. The maximum atomic E-state index is 13.0. The molecule has 9 N–H and O–H groups in total. The van der Waals surface area contributed by atoms with Crippen LogP contribution in [0.3, 0.4) is 0 Å². The van der Waals surface area contributed by atoms with Crippen LogP contribution in [-0.4, -0.2) is 108 Å². The molecule has 0 bridgehead atoms. The Morgan fingerprint density at radius 3 is 1.54 bits per heavy atom. The number of phosphoric acid groups is 1. The highest BCUT2D eigenvalue weighted by Gasteiger charge is 2.51. The number of phosphoric ester groups is 1. The quantitative estimate of drug-likeness (QED) is 0.0161. The van der Waals surface area contributed by atoms with Crippen LogP contribution in [0.1, 0.15) is 181 Å². The van der Waals surface area contributed by atoms with Crippen molar-refractivity contribution in [2.24, 2.45) is 0 Å². The van der Waals surface area contributed by atoms with Crippen molar-refractivity contribution in [3.05, 3.63) is 60.8 Å². The Balaban J connectivity index is 2.50. The first-order chi connectivity index (χ1) is 30.3. The molecule has 1 aliphatic carbocycles. The fourth-order valence-electron chi connectivity index (χ4n) is 7.29. The van der Waals surface area contributed by atoms with Gasteiger partial charge < -0.3 is 46.0 Å². The average Bonchev–Trinajstić information content (AvgIpc) is 3.26. The number of rotatable bonds is 39. The van der Waals surface area contributed by atoms with Crippen molar-refractivity contribution in [1.82, 2.24) is 5.32 Å². The third-order valence-electron chi connectivity index (χ3n) is 11.3. The summed E-state index contributed by atoms with van der Waals surface area (Å²) in [4.78, 5) is 23.4. The SMILES string of the molecule is CCCC/C=C/CC/C=C/CC/C=C/C(O)C(COP(=O)(O)OC1C(O)C(O)C(O)C(O)C1O)NC(=O)CC(O)CCCCCCC/C=C\C/C=C\CCCCCCCCCCC. The third-order valence-corrected chi connectivity index (χ3v) is 12.3. The summed E-state index contributed by atoms with van der Waals surface area (Å²) >= 11 is 0. The van der Waals surface area contributed by atoms with Gasteiger partial charge in [0.1, 0.15) is 36.6 Å². The summed E-state index contributed by atoms with van der Waals surface area (Å²) in [5, 5.41) is 74.4. The van der Waals surface area contributed by atoms with Gasteiger partial charge in [-0.3, -0.25) is 13.8 Å². The molecule has 1 aliphatic rings. The Bertz CT molecular complexity index is 1310. The van der Waals surface area contributed by atoms with E-state index in [9.17, 15) is 50.0 Å². The van der Waals surface area contributed by atoms with Gasteiger partial charge in [-0.05, 0) is 70.6 Å². The number of allylic oxidation sites excluding steroid dienone is 9. The molecule has 13 nitrogen and oxygen atoms in total. The van der Waals surface area contributed by atoms with E-state index in [4.69, 9.17) is 9.05 Å². The number of hydrogen-bond acceptors (Lipinski definition) is 11. The van der Waals surface area contributed by atoms with Crippen LogP contribution in [0.2, 0.25) is 0 Å². The molecule has 0 radical (unpaired) electrons. The second kappa shape index (κ2) is 38.1. The predicted octanol–water partition coefficient (Wildman–Crippen LogP) is 8.48. The highest BCUT2D eigenvalue weighted by molar-refractivity contribution is 7.47. The molecule has 366 valence electrons. The smallest absolute Gasteiger partial charge is 0.393 e. The van der Waals surface area contributed by atoms with Crippen LogP contribution in [0.4, 0.5) is 0 Å². The van der Waals surface area contributed by atoms with Gasteiger partial charge in [0, 0.05) is 0 Å². The van der Waals surface area contributed by atoms with E-state index in [1.807, 2.05) is 6.08 Å². The minimum absolute atomic E-state index is 0.268. The monoisotopic (exact) mass is 914 g/mol. The van der Waals surface area contributed by atoms with E-state index in [0.29, 0.717) is 19.3 Å². The number of carbonyl (C=O) groups excluding carboxylic acids is 1. The van der Waals surface area contributed by atoms with Crippen LogP contribution in [-0.2, 0) is 18.4 Å². The number of aliphatic hydroxyl groups is 7. The van der Waals surface area contributed by atoms with Crippen molar-refractivity contribution in [3.63, 3.8) is 0 Å². The molecule has 0 heterocycles. The molecular weight excluding hydrogens is 826 g/mol. The summed E-state index contributed by atoms with van der Waals surface area (Å²) in [7, 11) is -5.16. The van der Waals surface area contributed by atoms with Gasteiger partial charge in [-0.2, -0.15) is 0 Å². The van der Waals surface area contributed by atoms with Crippen molar-refractivity contribution in [3.8, 4) is 0 Å². The highest BCUT2D eigenvalue weighted by Crippen LogP contribution is 2.47. The fraction of sp³-hybridized carbons (Fsp3) is 0.776. The van der Waals surface area contributed by atoms with Gasteiger partial charge >= 0.3 is 7.82 Å². The van der Waals surface area contributed by atoms with Crippen molar-refractivity contribution < 1.29 is 59.0 Å². The van der Waals surface area contributed by atoms with Crippen molar-refractivity contribution in [2.45, 2.75) is 236 Å². The van der Waals surface area contributed by atoms with Gasteiger partial charge in [0.05, 0.1) is 31.3 Å². The zero-order valence-electron chi connectivity index (χ0n) is 38.7. The van der Waals surface area contributed by atoms with E-state index >= 15 is 0 Å². The van der Waals surface area contributed by atoms with E-state index in [2.05, 4.69) is 61.7 Å². The molecule has 0 aliphatic heterocycles. The number of nitrogens with one attached hydrogen (secondary N) is 1. The number of amides is 1. The molecule has 1 fully saturated rings. The van der Waals surface area contributed by atoms with E-state index < -0.39 is 75.2 Å². The lowest BCUT2D eigenvalue weighted by Gasteiger charge is -2.41. The topological polar surface area (TPSA) is 226 Å². The van der Waals surface area contributed by atoms with Crippen molar-refractivity contribution in [1.29, 1.82) is 0 Å². The highest BCUT2D eigenvalue weighted by atomic mass is 31.2.